The van der Waals surface area contributed by atoms with Crippen LogP contribution in [0.4, 0.5) is 4.79 Å². The van der Waals surface area contributed by atoms with Crippen molar-refractivity contribution in [2.24, 2.45) is 0 Å². The molecule has 0 fully saturated rings. The van der Waals surface area contributed by atoms with Crippen LogP contribution >= 0.6 is 0 Å². The number of amides is 1. The summed E-state index contributed by atoms with van der Waals surface area (Å²) in [5, 5.41) is 11.6. The summed E-state index contributed by atoms with van der Waals surface area (Å²) in [5.74, 6) is -1.32. The molecule has 1 amide bonds. The van der Waals surface area contributed by atoms with Crippen molar-refractivity contribution in [2.45, 2.75) is 77.5 Å². The highest BCUT2D eigenvalue weighted by Crippen LogP contribution is 2.12. The maximum atomic E-state index is 11.8. The van der Waals surface area contributed by atoms with Gasteiger partial charge in [0.15, 0.2) is 0 Å². The molecular formula is C21H31NO6. The predicted octanol–water partition coefficient (Wildman–Crippen LogP) is 4.05. The number of carboxylic acid groups (broad SMARTS) is 1. The van der Waals surface area contributed by atoms with Crippen LogP contribution in [0.3, 0.4) is 0 Å². The number of ether oxygens (including phenoxy) is 2. The highest BCUT2D eigenvalue weighted by atomic mass is 16.6. The normalized spacial score (nSPS) is 12.1. The summed E-state index contributed by atoms with van der Waals surface area (Å²) in [6.07, 6.45) is 2.80. The Bertz CT molecular complexity index is 624. The highest BCUT2D eigenvalue weighted by molar-refractivity contribution is 5.79. The summed E-state index contributed by atoms with van der Waals surface area (Å²) in [6, 6.07) is 8.17. The van der Waals surface area contributed by atoms with Gasteiger partial charge in [0.05, 0.1) is 0 Å². The van der Waals surface area contributed by atoms with Gasteiger partial charge in [-0.2, -0.15) is 0 Å². The van der Waals surface area contributed by atoms with Crippen molar-refractivity contribution in [2.75, 3.05) is 0 Å². The molecule has 0 spiro atoms. The average molecular weight is 393 g/mol. The van der Waals surface area contributed by atoms with Gasteiger partial charge in [0.2, 0.25) is 0 Å². The molecule has 1 atom stereocenters. The van der Waals surface area contributed by atoms with Gasteiger partial charge in [-0.15, -0.1) is 0 Å². The second-order valence-electron chi connectivity index (χ2n) is 7.64. The summed E-state index contributed by atoms with van der Waals surface area (Å²) < 4.78 is 10.3. The number of benzene rings is 1. The molecule has 156 valence electrons. The van der Waals surface area contributed by atoms with E-state index in [4.69, 9.17) is 9.47 Å². The van der Waals surface area contributed by atoms with Gasteiger partial charge in [0.25, 0.3) is 0 Å². The third-order valence-electron chi connectivity index (χ3n) is 3.85. The van der Waals surface area contributed by atoms with E-state index in [-0.39, 0.29) is 12.6 Å². The zero-order chi connectivity index (χ0) is 21.0. The lowest BCUT2D eigenvalue weighted by Crippen LogP contribution is -2.40. The molecule has 0 saturated heterocycles. The number of carbonyl (C=O) groups excluding carboxylic acids is 2. The molecule has 0 aliphatic heterocycles. The van der Waals surface area contributed by atoms with E-state index in [1.54, 1.807) is 0 Å². The van der Waals surface area contributed by atoms with E-state index in [1.165, 1.54) is 0 Å². The molecule has 7 heteroatoms. The number of carboxylic acids is 1. The number of hydrogen-bond acceptors (Lipinski definition) is 5. The van der Waals surface area contributed by atoms with Crippen molar-refractivity contribution in [3.05, 3.63) is 35.9 Å². The summed E-state index contributed by atoms with van der Waals surface area (Å²) in [4.78, 5) is 34.7. The largest absolute Gasteiger partial charge is 0.480 e. The van der Waals surface area contributed by atoms with E-state index in [0.717, 1.165) is 18.4 Å². The lowest BCUT2D eigenvalue weighted by atomic mass is 10.1. The molecule has 0 heterocycles. The molecule has 7 nitrogen and oxygen atoms in total. The van der Waals surface area contributed by atoms with Crippen LogP contribution in [0.25, 0.3) is 0 Å². The number of hydrogen-bond donors (Lipinski definition) is 2. The van der Waals surface area contributed by atoms with Gasteiger partial charge in [0.1, 0.15) is 18.2 Å². The number of nitrogens with one attached hydrogen (secondary N) is 1. The van der Waals surface area contributed by atoms with Crippen LogP contribution in [0.1, 0.15) is 64.9 Å². The molecule has 0 saturated carbocycles. The second kappa shape index (κ2) is 12.0. The van der Waals surface area contributed by atoms with Crippen LogP contribution in [0, 0.1) is 0 Å². The fraction of sp³-hybridized carbons (Fsp3) is 0.571. The van der Waals surface area contributed by atoms with E-state index < -0.39 is 23.7 Å². The second-order valence-corrected chi connectivity index (χ2v) is 7.64. The Morgan fingerprint density at radius 3 is 2.29 bits per heavy atom. The molecule has 0 aromatic heterocycles. The molecule has 0 radical (unpaired) electrons. The van der Waals surface area contributed by atoms with Gasteiger partial charge in [-0.05, 0) is 39.2 Å². The Morgan fingerprint density at radius 2 is 1.68 bits per heavy atom. The topological polar surface area (TPSA) is 102 Å². The summed E-state index contributed by atoms with van der Waals surface area (Å²) in [5.41, 5.74) is 0.349. The Hall–Kier alpha value is -2.57. The van der Waals surface area contributed by atoms with Crippen molar-refractivity contribution in [1.82, 2.24) is 5.32 Å². The molecule has 0 aliphatic rings. The summed E-state index contributed by atoms with van der Waals surface area (Å²) in [7, 11) is 0. The molecule has 1 rings (SSSR count). The van der Waals surface area contributed by atoms with Gasteiger partial charge < -0.3 is 19.9 Å². The zero-order valence-electron chi connectivity index (χ0n) is 16.9. The molecule has 0 unspecified atom stereocenters. The van der Waals surface area contributed by atoms with E-state index in [0.29, 0.717) is 25.7 Å². The molecule has 28 heavy (non-hydrogen) atoms. The quantitative estimate of drug-likeness (QED) is 0.434. The van der Waals surface area contributed by atoms with E-state index in [2.05, 4.69) is 5.32 Å². The van der Waals surface area contributed by atoms with Crippen molar-refractivity contribution in [1.29, 1.82) is 0 Å². The number of esters is 1. The fourth-order valence-electron chi connectivity index (χ4n) is 2.53. The fourth-order valence-corrected chi connectivity index (χ4v) is 2.53. The van der Waals surface area contributed by atoms with Crippen molar-refractivity contribution < 1.29 is 29.0 Å². The smallest absolute Gasteiger partial charge is 0.408 e. The Kier molecular flexibility index (Phi) is 10.1. The summed E-state index contributed by atoms with van der Waals surface area (Å²) in [6.45, 7) is 5.57. The molecule has 0 aliphatic carbocycles. The summed E-state index contributed by atoms with van der Waals surface area (Å²) >= 11 is 0. The molecule has 1 aromatic rings. The first-order valence-electron chi connectivity index (χ1n) is 9.59. The lowest BCUT2D eigenvalue weighted by Gasteiger charge is -2.19. The van der Waals surface area contributed by atoms with Gasteiger partial charge in [-0.1, -0.05) is 49.6 Å². The van der Waals surface area contributed by atoms with Crippen LogP contribution in [0.5, 0.6) is 0 Å². The van der Waals surface area contributed by atoms with Gasteiger partial charge in [0, 0.05) is 6.42 Å². The van der Waals surface area contributed by atoms with Crippen LogP contribution in [-0.2, 0) is 25.7 Å². The predicted molar refractivity (Wildman–Crippen MR) is 105 cm³/mol. The van der Waals surface area contributed by atoms with Gasteiger partial charge >= 0.3 is 18.0 Å². The van der Waals surface area contributed by atoms with E-state index in [9.17, 15) is 19.5 Å². The van der Waals surface area contributed by atoms with Gasteiger partial charge in [-0.3, -0.25) is 4.79 Å². The van der Waals surface area contributed by atoms with Crippen molar-refractivity contribution in [3.63, 3.8) is 0 Å². The molecule has 1 aromatic carbocycles. The number of carbonyl (C=O) groups is 3. The number of unbranched alkanes of at least 4 members (excludes halogenated alkanes) is 3. The highest BCUT2D eigenvalue weighted by Gasteiger charge is 2.20. The molecular weight excluding hydrogens is 362 g/mol. The van der Waals surface area contributed by atoms with E-state index in [1.807, 2.05) is 51.1 Å². The maximum Gasteiger partial charge on any atom is 0.408 e. The van der Waals surface area contributed by atoms with Crippen LogP contribution in [-0.4, -0.2) is 34.8 Å². The first-order chi connectivity index (χ1) is 13.2. The monoisotopic (exact) mass is 393 g/mol. The standard InChI is InChI=1S/C21H31NO6/c1-21(2,3)28-18(23)14-10-5-4-9-13-17(19(24)25)22-20(26)27-15-16-11-7-6-8-12-16/h6-8,11-12,17H,4-5,9-10,13-15H2,1-3H3,(H,22,26)(H,24,25)/t17-/m0/s1. The number of alkyl carbamates (subject to hydrolysis) is 1. The van der Waals surface area contributed by atoms with Crippen molar-refractivity contribution in [3.8, 4) is 0 Å². The third kappa shape index (κ3) is 11.2. The van der Waals surface area contributed by atoms with Crippen molar-refractivity contribution >= 4 is 18.0 Å². The first-order valence-corrected chi connectivity index (χ1v) is 9.59. The van der Waals surface area contributed by atoms with E-state index >= 15 is 0 Å². The number of aliphatic carboxylic acids is 1. The van der Waals surface area contributed by atoms with Crippen LogP contribution < -0.4 is 5.32 Å². The minimum Gasteiger partial charge on any atom is -0.480 e. The lowest BCUT2D eigenvalue weighted by molar-refractivity contribution is -0.155. The SMILES string of the molecule is CC(C)(C)OC(=O)CCCCCC[C@H](NC(=O)OCc1ccccc1)C(=O)O. The maximum absolute atomic E-state index is 11.8. The molecule has 2 N–H and O–H groups in total. The van der Waals surface area contributed by atoms with Crippen LogP contribution in [0.2, 0.25) is 0 Å². The van der Waals surface area contributed by atoms with Gasteiger partial charge in [-0.25, -0.2) is 9.59 Å². The first kappa shape index (κ1) is 23.5. The Labute approximate surface area is 166 Å². The minimum atomic E-state index is -1.09. The Morgan fingerprint density at radius 1 is 1.04 bits per heavy atom. The average Bonchev–Trinajstić information content (AvgIpc) is 2.61. The van der Waals surface area contributed by atoms with Crippen LogP contribution in [0.15, 0.2) is 30.3 Å². The third-order valence-corrected chi connectivity index (χ3v) is 3.85. The Balaban J connectivity index is 2.21. The zero-order valence-corrected chi connectivity index (χ0v) is 16.9. The number of rotatable bonds is 11. The molecule has 0 bridgehead atoms. The minimum absolute atomic E-state index is 0.0870.